The second-order valence-electron chi connectivity index (χ2n) is 10.0. The number of hydrogen-bond acceptors (Lipinski definition) is 11. The summed E-state index contributed by atoms with van der Waals surface area (Å²) in [5, 5.41) is 4.80. The Morgan fingerprint density at radius 2 is 1.95 bits per heavy atom. The molecular weight excluding hydrogens is 576 g/mol. The summed E-state index contributed by atoms with van der Waals surface area (Å²) < 4.78 is 35.8. The second-order valence-corrected chi connectivity index (χ2v) is 10.9. The molecule has 0 aliphatic carbocycles. The van der Waals surface area contributed by atoms with Crippen LogP contribution in [0.5, 0.6) is 0 Å². The number of fused-ring (bicyclic) bond motifs is 1. The van der Waals surface area contributed by atoms with Gasteiger partial charge in [0.2, 0.25) is 11.9 Å². The number of carbonyl (C=O) groups is 2. The molecule has 4 aromatic rings. The van der Waals surface area contributed by atoms with Gasteiger partial charge >= 0.3 is 5.69 Å². The van der Waals surface area contributed by atoms with Crippen molar-refractivity contribution in [2.24, 2.45) is 13.0 Å². The van der Waals surface area contributed by atoms with Gasteiger partial charge in [0.1, 0.15) is 23.5 Å². The van der Waals surface area contributed by atoms with E-state index in [0.717, 1.165) is 9.13 Å². The van der Waals surface area contributed by atoms with Crippen LogP contribution in [0.15, 0.2) is 33.7 Å². The minimum Gasteiger partial charge on any atom is -0.377 e. The van der Waals surface area contributed by atoms with Gasteiger partial charge in [-0.1, -0.05) is 6.92 Å². The summed E-state index contributed by atoms with van der Waals surface area (Å²) in [6.07, 6.45) is 4.25. The fourth-order valence-corrected chi connectivity index (χ4v) is 5.34. The van der Waals surface area contributed by atoms with Crippen LogP contribution in [0, 0.1) is 5.92 Å². The van der Waals surface area contributed by atoms with Crippen molar-refractivity contribution in [3.63, 3.8) is 0 Å². The van der Waals surface area contributed by atoms with Gasteiger partial charge in [-0.05, 0) is 6.92 Å². The van der Waals surface area contributed by atoms with Crippen molar-refractivity contribution >= 4 is 46.0 Å². The fraction of sp³-hybridized carbons (Fsp3) is 0.440. The standard InChI is InChI=1S/C25H27F2N9O5S/c1-13-7-34(11-25(13,26)27)23-28-5-15(6-29-23)21-32-17(10-42-21)31-20(38)14(2)36-12-30-19-18(36)22(39)35(24(40)33(19)3)8-16(37)9-41-4/h5-6,10,12-14H,7-9,11H2,1-4H3,(H,31,38)/t13?,14-/m0/s1. The zero-order valence-electron chi connectivity index (χ0n) is 23.1. The van der Waals surface area contributed by atoms with E-state index in [1.165, 1.54) is 60.6 Å². The number of Topliss-reactive ketones (excluding diaryl/α,β-unsaturated/α-hetero) is 1. The molecule has 5 rings (SSSR count). The first-order valence-corrected chi connectivity index (χ1v) is 13.7. The first-order valence-electron chi connectivity index (χ1n) is 12.8. The summed E-state index contributed by atoms with van der Waals surface area (Å²) in [6, 6.07) is -0.947. The van der Waals surface area contributed by atoms with Crippen LogP contribution in [0.3, 0.4) is 0 Å². The van der Waals surface area contributed by atoms with Gasteiger partial charge in [-0.25, -0.2) is 33.5 Å². The highest BCUT2D eigenvalue weighted by Gasteiger charge is 2.46. The molecule has 0 bridgehead atoms. The summed E-state index contributed by atoms with van der Waals surface area (Å²) >= 11 is 1.22. The van der Waals surface area contributed by atoms with Crippen molar-refractivity contribution in [1.29, 1.82) is 0 Å². The zero-order valence-corrected chi connectivity index (χ0v) is 23.9. The Morgan fingerprint density at radius 3 is 2.60 bits per heavy atom. The smallest absolute Gasteiger partial charge is 0.332 e. The highest BCUT2D eigenvalue weighted by molar-refractivity contribution is 7.13. The van der Waals surface area contributed by atoms with E-state index in [-0.39, 0.29) is 36.1 Å². The second kappa shape index (κ2) is 11.1. The fourth-order valence-electron chi connectivity index (χ4n) is 4.61. The number of ether oxygens (including phenoxy) is 1. The Morgan fingerprint density at radius 1 is 1.24 bits per heavy atom. The van der Waals surface area contributed by atoms with Crippen LogP contribution in [0.1, 0.15) is 19.9 Å². The quantitative estimate of drug-likeness (QED) is 0.296. The van der Waals surface area contributed by atoms with Gasteiger partial charge in [-0.2, -0.15) is 0 Å². The van der Waals surface area contributed by atoms with Crippen LogP contribution in [0.2, 0.25) is 0 Å². The van der Waals surface area contributed by atoms with Gasteiger partial charge in [0.15, 0.2) is 16.9 Å². The van der Waals surface area contributed by atoms with Gasteiger partial charge in [0.05, 0.1) is 19.4 Å². The van der Waals surface area contributed by atoms with E-state index in [4.69, 9.17) is 4.74 Å². The van der Waals surface area contributed by atoms with Crippen molar-refractivity contribution in [2.75, 3.05) is 37.0 Å². The number of nitrogens with zero attached hydrogens (tertiary/aromatic N) is 8. The molecule has 1 saturated heterocycles. The maximum Gasteiger partial charge on any atom is 0.332 e. The number of anilines is 2. The molecule has 0 saturated carbocycles. The van der Waals surface area contributed by atoms with Crippen LogP contribution in [0.25, 0.3) is 21.7 Å². The maximum atomic E-state index is 13.9. The summed E-state index contributed by atoms with van der Waals surface area (Å²) in [5.74, 6) is -4.15. The van der Waals surface area contributed by atoms with E-state index in [0.29, 0.717) is 10.6 Å². The van der Waals surface area contributed by atoms with Gasteiger partial charge in [0.25, 0.3) is 11.5 Å². The number of thiazole rings is 1. The molecule has 1 fully saturated rings. The Balaban J connectivity index is 1.33. The van der Waals surface area contributed by atoms with Gasteiger partial charge in [0, 0.05) is 50.0 Å². The molecule has 0 spiro atoms. The average molecular weight is 604 g/mol. The van der Waals surface area contributed by atoms with Crippen LogP contribution in [0.4, 0.5) is 20.5 Å². The molecule has 4 aromatic heterocycles. The molecule has 14 nitrogen and oxygen atoms in total. The highest BCUT2D eigenvalue weighted by Crippen LogP contribution is 2.34. The lowest BCUT2D eigenvalue weighted by molar-refractivity contribution is -0.123. The molecule has 1 aliphatic heterocycles. The Labute approximate surface area is 240 Å². The van der Waals surface area contributed by atoms with Gasteiger partial charge in [-0.3, -0.25) is 23.5 Å². The number of ketones is 1. The summed E-state index contributed by atoms with van der Waals surface area (Å²) in [7, 11) is 2.74. The van der Waals surface area contributed by atoms with Crippen molar-refractivity contribution < 1.29 is 23.1 Å². The third kappa shape index (κ3) is 5.32. The number of aromatic nitrogens is 7. The summed E-state index contributed by atoms with van der Waals surface area (Å²) in [4.78, 5) is 69.6. The average Bonchev–Trinajstić information content (AvgIpc) is 3.67. The van der Waals surface area contributed by atoms with E-state index in [1.54, 1.807) is 12.3 Å². The van der Waals surface area contributed by atoms with E-state index < -0.39 is 53.9 Å². The molecule has 222 valence electrons. The summed E-state index contributed by atoms with van der Waals surface area (Å²) in [5.41, 5.74) is -0.903. The molecule has 2 atom stereocenters. The predicted molar refractivity (Wildman–Crippen MR) is 149 cm³/mol. The maximum absolute atomic E-state index is 13.9. The van der Waals surface area contributed by atoms with Crippen LogP contribution < -0.4 is 21.5 Å². The van der Waals surface area contributed by atoms with E-state index >= 15 is 0 Å². The third-order valence-corrected chi connectivity index (χ3v) is 7.93. The first-order chi connectivity index (χ1) is 19.9. The van der Waals surface area contributed by atoms with Gasteiger partial charge in [-0.15, -0.1) is 11.3 Å². The van der Waals surface area contributed by atoms with Crippen molar-refractivity contribution in [1.82, 2.24) is 33.6 Å². The molecule has 1 aliphatic rings. The zero-order chi connectivity index (χ0) is 30.3. The number of halogens is 2. The number of hydrogen-bond donors (Lipinski definition) is 1. The Kier molecular flexibility index (Phi) is 7.72. The number of rotatable bonds is 9. The van der Waals surface area contributed by atoms with E-state index in [2.05, 4.69) is 25.3 Å². The minimum atomic E-state index is -2.80. The van der Waals surface area contributed by atoms with Crippen LogP contribution in [-0.4, -0.2) is 78.1 Å². The molecule has 1 amide bonds. The van der Waals surface area contributed by atoms with Crippen molar-refractivity contribution in [2.45, 2.75) is 32.4 Å². The monoisotopic (exact) mass is 603 g/mol. The number of alkyl halides is 2. The number of imidazole rings is 1. The number of methoxy groups -OCH3 is 1. The first kappa shape index (κ1) is 29.1. The lowest BCUT2D eigenvalue weighted by atomic mass is 10.1. The Hall–Kier alpha value is -4.38. The number of nitrogens with one attached hydrogen (secondary N) is 1. The number of carbonyl (C=O) groups excluding carboxylic acids is 2. The van der Waals surface area contributed by atoms with Crippen molar-refractivity contribution in [3.8, 4) is 10.6 Å². The normalized spacial score (nSPS) is 17.1. The lowest BCUT2D eigenvalue weighted by Crippen LogP contribution is -2.42. The summed E-state index contributed by atoms with van der Waals surface area (Å²) in [6.45, 7) is 1.98. The third-order valence-electron chi connectivity index (χ3n) is 7.03. The largest absolute Gasteiger partial charge is 0.377 e. The SMILES string of the molecule is COCC(=O)Cn1c(=O)c2c(ncn2[C@@H](C)C(=O)Nc2csc(-c3cnc(N4CC(C)C(F)(F)C4)nc3)n2)n(C)c1=O. The van der Waals surface area contributed by atoms with Crippen molar-refractivity contribution in [3.05, 3.63) is 44.9 Å². The number of amides is 1. The molecular formula is C25H27F2N9O5S. The molecule has 1 N–H and O–H groups in total. The molecule has 17 heteroatoms. The van der Waals surface area contributed by atoms with Crippen LogP contribution in [-0.2, 0) is 27.9 Å². The molecule has 1 unspecified atom stereocenters. The number of aryl methyl sites for hydroxylation is 1. The lowest BCUT2D eigenvalue weighted by Gasteiger charge is -2.15. The molecule has 0 aromatic carbocycles. The van der Waals surface area contributed by atoms with Gasteiger partial charge < -0.3 is 19.5 Å². The molecule has 0 radical (unpaired) electrons. The minimum absolute atomic E-state index is 0.0219. The van der Waals surface area contributed by atoms with E-state index in [9.17, 15) is 28.0 Å². The van der Waals surface area contributed by atoms with Crippen LogP contribution >= 0.6 is 11.3 Å². The Bertz CT molecular complexity index is 1780. The molecule has 42 heavy (non-hydrogen) atoms. The molecule has 5 heterocycles. The topological polar surface area (TPSA) is 159 Å². The highest BCUT2D eigenvalue weighted by atomic mass is 32.1. The predicted octanol–water partition coefficient (Wildman–Crippen LogP) is 1.32. The van der Waals surface area contributed by atoms with E-state index in [1.807, 2.05) is 0 Å².